The summed E-state index contributed by atoms with van der Waals surface area (Å²) in [6.45, 7) is 7.59. The highest BCUT2D eigenvalue weighted by molar-refractivity contribution is 5.14. The van der Waals surface area contributed by atoms with Gasteiger partial charge in [0.05, 0.1) is 18.8 Å². The molecular formula is C9H14O2. The van der Waals surface area contributed by atoms with Gasteiger partial charge in [0.15, 0.2) is 0 Å². The van der Waals surface area contributed by atoms with E-state index in [1.54, 1.807) is 0 Å². The van der Waals surface area contributed by atoms with Gasteiger partial charge in [0.1, 0.15) is 6.10 Å². The maximum atomic E-state index is 5.68. The van der Waals surface area contributed by atoms with Crippen LogP contribution in [0.2, 0.25) is 0 Å². The van der Waals surface area contributed by atoms with Crippen molar-refractivity contribution in [1.29, 1.82) is 0 Å². The van der Waals surface area contributed by atoms with Crippen molar-refractivity contribution in [2.24, 2.45) is 5.92 Å². The Morgan fingerprint density at radius 2 is 2.45 bits per heavy atom. The maximum absolute atomic E-state index is 5.68. The monoisotopic (exact) mass is 154 g/mol. The molecule has 11 heavy (non-hydrogen) atoms. The average Bonchev–Trinajstić information content (AvgIpc) is 2.83. The molecule has 0 radical (unpaired) electrons. The van der Waals surface area contributed by atoms with E-state index in [9.17, 15) is 0 Å². The van der Waals surface area contributed by atoms with Crippen molar-refractivity contribution in [2.45, 2.75) is 25.0 Å². The van der Waals surface area contributed by atoms with E-state index in [4.69, 9.17) is 9.47 Å². The lowest BCUT2D eigenvalue weighted by molar-refractivity contribution is 0.0459. The zero-order valence-corrected chi connectivity index (χ0v) is 6.88. The molecule has 2 aliphatic rings. The summed E-state index contributed by atoms with van der Waals surface area (Å²) in [6.07, 6.45) is 3.43. The van der Waals surface area contributed by atoms with Crippen molar-refractivity contribution >= 4 is 0 Å². The highest BCUT2D eigenvalue weighted by Crippen LogP contribution is 2.47. The minimum absolute atomic E-state index is 0.00590. The SMILES string of the molecule is C=CC1(OCC2CO2)CC1C. The number of hydrogen-bond donors (Lipinski definition) is 0. The molecule has 2 nitrogen and oxygen atoms in total. The van der Waals surface area contributed by atoms with E-state index in [0.29, 0.717) is 12.0 Å². The summed E-state index contributed by atoms with van der Waals surface area (Å²) in [5.74, 6) is 0.652. The fourth-order valence-electron chi connectivity index (χ4n) is 1.38. The first-order valence-corrected chi connectivity index (χ1v) is 4.16. The van der Waals surface area contributed by atoms with Gasteiger partial charge >= 0.3 is 0 Å². The highest BCUT2D eigenvalue weighted by atomic mass is 16.6. The van der Waals surface area contributed by atoms with Crippen LogP contribution in [0.3, 0.4) is 0 Å². The smallest absolute Gasteiger partial charge is 0.104 e. The van der Waals surface area contributed by atoms with Gasteiger partial charge in [-0.1, -0.05) is 13.0 Å². The Kier molecular flexibility index (Phi) is 1.55. The molecular weight excluding hydrogens is 140 g/mol. The lowest BCUT2D eigenvalue weighted by Crippen LogP contribution is -2.16. The number of epoxide rings is 1. The molecule has 3 atom stereocenters. The molecule has 0 aromatic heterocycles. The van der Waals surface area contributed by atoms with Crippen LogP contribution in [0.1, 0.15) is 13.3 Å². The highest BCUT2D eigenvalue weighted by Gasteiger charge is 2.50. The molecule has 0 spiro atoms. The molecule has 0 amide bonds. The van der Waals surface area contributed by atoms with Crippen molar-refractivity contribution in [3.8, 4) is 0 Å². The summed E-state index contributed by atoms with van der Waals surface area (Å²) < 4.78 is 10.7. The summed E-state index contributed by atoms with van der Waals surface area (Å²) in [6, 6.07) is 0. The normalized spacial score (nSPS) is 47.0. The van der Waals surface area contributed by atoms with Gasteiger partial charge < -0.3 is 9.47 Å². The second-order valence-corrected chi connectivity index (χ2v) is 3.53. The third-order valence-electron chi connectivity index (χ3n) is 2.59. The van der Waals surface area contributed by atoms with Gasteiger partial charge in [-0.25, -0.2) is 0 Å². The summed E-state index contributed by atoms with van der Waals surface area (Å²) in [5, 5.41) is 0. The van der Waals surface area contributed by atoms with E-state index in [2.05, 4.69) is 13.5 Å². The molecule has 2 fully saturated rings. The number of ether oxygens (including phenoxy) is 2. The van der Waals surface area contributed by atoms with E-state index in [1.807, 2.05) is 6.08 Å². The van der Waals surface area contributed by atoms with Crippen LogP contribution in [-0.4, -0.2) is 24.9 Å². The van der Waals surface area contributed by atoms with E-state index in [0.717, 1.165) is 19.6 Å². The van der Waals surface area contributed by atoms with Gasteiger partial charge in [0.2, 0.25) is 0 Å². The van der Waals surface area contributed by atoms with Gasteiger partial charge in [-0.3, -0.25) is 0 Å². The zero-order chi connectivity index (χ0) is 7.90. The van der Waals surface area contributed by atoms with Crippen molar-refractivity contribution in [3.63, 3.8) is 0 Å². The van der Waals surface area contributed by atoms with Gasteiger partial charge in [0, 0.05) is 0 Å². The minimum Gasteiger partial charge on any atom is -0.371 e. The van der Waals surface area contributed by atoms with Crippen molar-refractivity contribution in [3.05, 3.63) is 12.7 Å². The van der Waals surface area contributed by atoms with Crippen LogP contribution in [0.15, 0.2) is 12.7 Å². The number of hydrogen-bond acceptors (Lipinski definition) is 2. The van der Waals surface area contributed by atoms with Crippen LogP contribution in [0, 0.1) is 5.92 Å². The molecule has 1 heterocycles. The number of rotatable bonds is 4. The molecule has 0 N–H and O–H groups in total. The Bertz CT molecular complexity index is 174. The topological polar surface area (TPSA) is 21.8 Å². The van der Waals surface area contributed by atoms with Gasteiger partial charge in [0.25, 0.3) is 0 Å². The van der Waals surface area contributed by atoms with Crippen molar-refractivity contribution < 1.29 is 9.47 Å². The van der Waals surface area contributed by atoms with Gasteiger partial charge in [-0.15, -0.1) is 6.58 Å². The minimum atomic E-state index is 0.00590. The molecule has 0 bridgehead atoms. The molecule has 1 saturated heterocycles. The first kappa shape index (κ1) is 7.32. The van der Waals surface area contributed by atoms with E-state index < -0.39 is 0 Å². The maximum Gasteiger partial charge on any atom is 0.104 e. The molecule has 0 aromatic rings. The Hall–Kier alpha value is -0.340. The van der Waals surface area contributed by atoms with Crippen LogP contribution < -0.4 is 0 Å². The third-order valence-corrected chi connectivity index (χ3v) is 2.59. The first-order valence-electron chi connectivity index (χ1n) is 4.16. The summed E-state index contributed by atoms with van der Waals surface area (Å²) in [7, 11) is 0. The lowest BCUT2D eigenvalue weighted by Gasteiger charge is -2.11. The van der Waals surface area contributed by atoms with Crippen LogP contribution in [0.5, 0.6) is 0 Å². The Balaban J connectivity index is 1.78. The van der Waals surface area contributed by atoms with Crippen molar-refractivity contribution in [2.75, 3.05) is 13.2 Å². The standard InChI is InChI=1S/C9H14O2/c1-3-9(4-7(9)2)11-6-8-5-10-8/h3,7-8H,1,4-6H2,2H3. The molecule has 1 aliphatic heterocycles. The second kappa shape index (κ2) is 2.32. The van der Waals surface area contributed by atoms with Gasteiger partial charge in [-0.2, -0.15) is 0 Å². The quantitative estimate of drug-likeness (QED) is 0.450. The summed E-state index contributed by atoms with van der Waals surface area (Å²) in [5.41, 5.74) is 0.00590. The molecule has 62 valence electrons. The van der Waals surface area contributed by atoms with Crippen LogP contribution in [-0.2, 0) is 9.47 Å². The summed E-state index contributed by atoms with van der Waals surface area (Å²) in [4.78, 5) is 0. The lowest BCUT2D eigenvalue weighted by atomic mass is 10.3. The van der Waals surface area contributed by atoms with Gasteiger partial charge in [-0.05, 0) is 12.3 Å². The third kappa shape index (κ3) is 1.33. The summed E-state index contributed by atoms with van der Waals surface area (Å²) >= 11 is 0. The zero-order valence-electron chi connectivity index (χ0n) is 6.88. The first-order chi connectivity index (χ1) is 5.27. The van der Waals surface area contributed by atoms with E-state index in [-0.39, 0.29) is 5.60 Å². The second-order valence-electron chi connectivity index (χ2n) is 3.53. The predicted octanol–water partition coefficient (Wildman–Crippen LogP) is 1.37. The molecule has 1 aliphatic carbocycles. The van der Waals surface area contributed by atoms with E-state index in [1.165, 1.54) is 0 Å². The average molecular weight is 154 g/mol. The Morgan fingerprint density at radius 3 is 2.82 bits per heavy atom. The Morgan fingerprint density at radius 1 is 1.82 bits per heavy atom. The van der Waals surface area contributed by atoms with E-state index >= 15 is 0 Å². The fraction of sp³-hybridized carbons (Fsp3) is 0.778. The van der Waals surface area contributed by atoms with Crippen LogP contribution in [0.4, 0.5) is 0 Å². The molecule has 0 aromatic carbocycles. The fourth-order valence-corrected chi connectivity index (χ4v) is 1.38. The molecule has 3 unspecified atom stereocenters. The molecule has 2 rings (SSSR count). The largest absolute Gasteiger partial charge is 0.371 e. The van der Waals surface area contributed by atoms with Crippen molar-refractivity contribution in [1.82, 2.24) is 0 Å². The molecule has 2 heteroatoms. The molecule has 1 saturated carbocycles. The predicted molar refractivity (Wildman–Crippen MR) is 42.4 cm³/mol. The Labute approximate surface area is 67.2 Å². The van der Waals surface area contributed by atoms with Crippen LogP contribution in [0.25, 0.3) is 0 Å². The van der Waals surface area contributed by atoms with Crippen LogP contribution >= 0.6 is 0 Å².